The van der Waals surface area contributed by atoms with Crippen molar-refractivity contribution in [2.75, 3.05) is 6.54 Å². The fourth-order valence-electron chi connectivity index (χ4n) is 2.97. The predicted octanol–water partition coefficient (Wildman–Crippen LogP) is 4.02. The lowest BCUT2D eigenvalue weighted by atomic mass is 9.83. The summed E-state index contributed by atoms with van der Waals surface area (Å²) in [5.74, 6) is -1.00. The Morgan fingerprint density at radius 1 is 1.11 bits per heavy atom. The van der Waals surface area contributed by atoms with Gasteiger partial charge >= 0.3 is 0 Å². The predicted molar refractivity (Wildman–Crippen MR) is 69.3 cm³/mol. The third kappa shape index (κ3) is 3.29. The molecule has 1 aliphatic carbocycles. The Labute approximate surface area is 108 Å². The number of hydrogen-bond donors (Lipinski definition) is 1. The molecule has 0 atom stereocenters. The molecule has 0 radical (unpaired) electrons. The summed E-state index contributed by atoms with van der Waals surface area (Å²) >= 11 is 0. The Bertz CT molecular complexity index is 377. The van der Waals surface area contributed by atoms with Gasteiger partial charge in [0, 0.05) is 19.2 Å². The van der Waals surface area contributed by atoms with Crippen molar-refractivity contribution in [2.24, 2.45) is 5.41 Å². The van der Waals surface area contributed by atoms with Gasteiger partial charge in [0.05, 0.1) is 0 Å². The highest BCUT2D eigenvalue weighted by Crippen LogP contribution is 2.40. The van der Waals surface area contributed by atoms with Gasteiger partial charge in [0.2, 0.25) is 0 Å². The number of nitrogens with one attached hydrogen (secondary N) is 1. The second-order valence-corrected chi connectivity index (χ2v) is 5.44. The number of halogens is 2. The molecule has 0 bridgehead atoms. The number of rotatable bonds is 5. The molecule has 0 amide bonds. The van der Waals surface area contributed by atoms with Crippen molar-refractivity contribution in [1.82, 2.24) is 5.32 Å². The zero-order valence-corrected chi connectivity index (χ0v) is 10.9. The lowest BCUT2D eigenvalue weighted by molar-refractivity contribution is 0.268. The SMILES string of the molecule is CCC1(CNCc2cc(F)cc(F)c2)CCCC1. The van der Waals surface area contributed by atoms with Crippen LogP contribution in [-0.2, 0) is 6.54 Å². The van der Waals surface area contributed by atoms with Gasteiger partial charge < -0.3 is 5.32 Å². The van der Waals surface area contributed by atoms with E-state index in [1.54, 1.807) is 0 Å². The van der Waals surface area contributed by atoms with Crippen LogP contribution in [0, 0.1) is 17.0 Å². The van der Waals surface area contributed by atoms with E-state index in [9.17, 15) is 8.78 Å². The van der Waals surface area contributed by atoms with E-state index in [2.05, 4.69) is 12.2 Å². The van der Waals surface area contributed by atoms with Crippen LogP contribution in [0.3, 0.4) is 0 Å². The summed E-state index contributed by atoms with van der Waals surface area (Å²) in [7, 11) is 0. The average molecular weight is 253 g/mol. The molecule has 1 aromatic carbocycles. The molecular weight excluding hydrogens is 232 g/mol. The summed E-state index contributed by atoms with van der Waals surface area (Å²) in [6.07, 6.45) is 6.34. The molecule has 100 valence electrons. The minimum atomic E-state index is -0.502. The maximum Gasteiger partial charge on any atom is 0.126 e. The fourth-order valence-corrected chi connectivity index (χ4v) is 2.97. The van der Waals surface area contributed by atoms with Gasteiger partial charge in [-0.05, 0) is 42.4 Å². The van der Waals surface area contributed by atoms with Crippen molar-refractivity contribution in [2.45, 2.75) is 45.6 Å². The van der Waals surface area contributed by atoms with Gasteiger partial charge in [-0.1, -0.05) is 19.8 Å². The molecule has 1 fully saturated rings. The van der Waals surface area contributed by atoms with Gasteiger partial charge in [0.15, 0.2) is 0 Å². The van der Waals surface area contributed by atoms with E-state index in [-0.39, 0.29) is 0 Å². The van der Waals surface area contributed by atoms with Crippen LogP contribution in [0.25, 0.3) is 0 Å². The number of hydrogen-bond acceptors (Lipinski definition) is 1. The fraction of sp³-hybridized carbons (Fsp3) is 0.600. The molecule has 0 saturated heterocycles. The second-order valence-electron chi connectivity index (χ2n) is 5.44. The second kappa shape index (κ2) is 5.79. The zero-order valence-electron chi connectivity index (χ0n) is 10.9. The molecule has 1 nitrogen and oxygen atoms in total. The van der Waals surface area contributed by atoms with Gasteiger partial charge in [0.25, 0.3) is 0 Å². The van der Waals surface area contributed by atoms with Gasteiger partial charge in [-0.2, -0.15) is 0 Å². The lowest BCUT2D eigenvalue weighted by Crippen LogP contribution is -2.31. The van der Waals surface area contributed by atoms with E-state index in [1.807, 2.05) is 0 Å². The minimum Gasteiger partial charge on any atom is -0.312 e. The van der Waals surface area contributed by atoms with Crippen LogP contribution in [0.5, 0.6) is 0 Å². The van der Waals surface area contributed by atoms with Crippen LogP contribution < -0.4 is 5.32 Å². The zero-order chi connectivity index (χ0) is 13.0. The third-order valence-corrected chi connectivity index (χ3v) is 4.17. The smallest absolute Gasteiger partial charge is 0.126 e. The monoisotopic (exact) mass is 253 g/mol. The van der Waals surface area contributed by atoms with Crippen LogP contribution in [-0.4, -0.2) is 6.54 Å². The van der Waals surface area contributed by atoms with Crippen molar-refractivity contribution < 1.29 is 8.78 Å². The highest BCUT2D eigenvalue weighted by Gasteiger charge is 2.31. The van der Waals surface area contributed by atoms with E-state index in [0.717, 1.165) is 12.6 Å². The Balaban J connectivity index is 1.87. The van der Waals surface area contributed by atoms with Crippen LogP contribution in [0.1, 0.15) is 44.6 Å². The van der Waals surface area contributed by atoms with Crippen molar-refractivity contribution >= 4 is 0 Å². The number of benzene rings is 1. The van der Waals surface area contributed by atoms with E-state index in [4.69, 9.17) is 0 Å². The molecule has 0 aromatic heterocycles. The molecule has 18 heavy (non-hydrogen) atoms. The van der Waals surface area contributed by atoms with Gasteiger partial charge in [0.1, 0.15) is 11.6 Å². The molecule has 2 rings (SSSR count). The Kier molecular flexibility index (Phi) is 4.33. The first kappa shape index (κ1) is 13.5. The first-order chi connectivity index (χ1) is 8.63. The van der Waals surface area contributed by atoms with E-state index in [1.165, 1.54) is 44.2 Å². The van der Waals surface area contributed by atoms with Crippen LogP contribution in [0.4, 0.5) is 8.78 Å². The summed E-state index contributed by atoms with van der Waals surface area (Å²) < 4.78 is 26.1. The molecule has 3 heteroatoms. The molecule has 0 aliphatic heterocycles. The van der Waals surface area contributed by atoms with Gasteiger partial charge in [-0.15, -0.1) is 0 Å². The third-order valence-electron chi connectivity index (χ3n) is 4.17. The molecule has 1 N–H and O–H groups in total. The highest BCUT2D eigenvalue weighted by molar-refractivity contribution is 5.17. The van der Waals surface area contributed by atoms with Crippen molar-refractivity contribution in [1.29, 1.82) is 0 Å². The molecule has 1 aromatic rings. The van der Waals surface area contributed by atoms with Crippen LogP contribution in [0.15, 0.2) is 18.2 Å². The molecular formula is C15H21F2N. The van der Waals surface area contributed by atoms with Gasteiger partial charge in [-0.25, -0.2) is 8.78 Å². The first-order valence-electron chi connectivity index (χ1n) is 6.79. The standard InChI is InChI=1S/C15H21F2N/c1-2-15(5-3-4-6-15)11-18-10-12-7-13(16)9-14(17)8-12/h7-9,18H,2-6,10-11H2,1H3. The largest absolute Gasteiger partial charge is 0.312 e. The maximum absolute atomic E-state index is 13.0. The van der Waals surface area contributed by atoms with Gasteiger partial charge in [-0.3, -0.25) is 0 Å². The van der Waals surface area contributed by atoms with Crippen molar-refractivity contribution in [3.63, 3.8) is 0 Å². The molecule has 0 heterocycles. The van der Waals surface area contributed by atoms with Crippen molar-refractivity contribution in [3.05, 3.63) is 35.4 Å². The summed E-state index contributed by atoms with van der Waals surface area (Å²) in [6.45, 7) is 3.72. The van der Waals surface area contributed by atoms with Crippen molar-refractivity contribution in [3.8, 4) is 0 Å². The minimum absolute atomic E-state index is 0.409. The van der Waals surface area contributed by atoms with E-state index in [0.29, 0.717) is 17.5 Å². The molecule has 0 spiro atoms. The lowest BCUT2D eigenvalue weighted by Gasteiger charge is -2.27. The summed E-state index contributed by atoms with van der Waals surface area (Å²) in [5, 5.41) is 3.36. The maximum atomic E-state index is 13.0. The summed E-state index contributed by atoms with van der Waals surface area (Å²) in [5.41, 5.74) is 1.09. The molecule has 1 aliphatic rings. The Morgan fingerprint density at radius 2 is 1.72 bits per heavy atom. The summed E-state index contributed by atoms with van der Waals surface area (Å²) in [6, 6.07) is 3.70. The van der Waals surface area contributed by atoms with E-state index >= 15 is 0 Å². The molecule has 1 saturated carbocycles. The first-order valence-corrected chi connectivity index (χ1v) is 6.79. The van der Waals surface area contributed by atoms with E-state index < -0.39 is 11.6 Å². The Hall–Kier alpha value is -0.960. The average Bonchev–Trinajstić information content (AvgIpc) is 2.77. The topological polar surface area (TPSA) is 12.0 Å². The normalized spacial score (nSPS) is 18.2. The van der Waals surface area contributed by atoms with Crippen LogP contribution >= 0.6 is 0 Å². The Morgan fingerprint density at radius 3 is 2.28 bits per heavy atom. The molecule has 0 unspecified atom stereocenters. The highest BCUT2D eigenvalue weighted by atomic mass is 19.1. The quantitative estimate of drug-likeness (QED) is 0.835. The van der Waals surface area contributed by atoms with Crippen LogP contribution in [0.2, 0.25) is 0 Å². The summed E-state index contributed by atoms with van der Waals surface area (Å²) in [4.78, 5) is 0.